The quantitative estimate of drug-likeness (QED) is 0.366. The largest absolute Gasteiger partial charge is 0.298 e. The van der Waals surface area contributed by atoms with Crippen molar-refractivity contribution >= 4 is 17.9 Å². The highest BCUT2D eigenvalue weighted by Gasteiger charge is 1.94. The molecule has 0 aromatic heterocycles. The molecular weight excluding hydrogens is 172 g/mol. The Labute approximate surface area is 76.4 Å². The summed E-state index contributed by atoms with van der Waals surface area (Å²) in [6, 6.07) is 7.16. The van der Waals surface area contributed by atoms with Crippen LogP contribution in [-0.4, -0.2) is 12.2 Å². The maximum absolute atomic E-state index is 10.5. The molecule has 0 aliphatic carbocycles. The first-order valence-electron chi connectivity index (χ1n) is 3.47. The molecule has 1 rings (SSSR count). The summed E-state index contributed by atoms with van der Waals surface area (Å²) < 4.78 is 0. The molecule has 0 saturated heterocycles. The third-order valence-corrected chi connectivity index (χ3v) is 1.51. The number of halogens is 1. The minimum Gasteiger partial charge on any atom is -0.298 e. The maximum Gasteiger partial charge on any atom is 0.151 e. The van der Waals surface area contributed by atoms with Gasteiger partial charge >= 0.3 is 0 Å². The van der Waals surface area contributed by atoms with Gasteiger partial charge in [-0.3, -0.25) is 4.79 Å². The zero-order valence-corrected chi connectivity index (χ0v) is 7.14. The Balaban J connectivity index is 3.05. The molecule has 0 atom stereocenters. The number of carbonyl (C=O) groups is 1. The van der Waals surface area contributed by atoms with Crippen molar-refractivity contribution in [3.05, 3.63) is 35.4 Å². The summed E-state index contributed by atoms with van der Waals surface area (Å²) in [5.41, 5.74) is 1.34. The molecule has 0 radical (unpaired) electrons. The number of alkyl halides is 1. The molecule has 0 aliphatic heterocycles. The highest BCUT2D eigenvalue weighted by Crippen LogP contribution is 2.03. The van der Waals surface area contributed by atoms with E-state index in [0.717, 1.165) is 11.8 Å². The van der Waals surface area contributed by atoms with Gasteiger partial charge < -0.3 is 0 Å². The fourth-order valence-electron chi connectivity index (χ4n) is 0.842. The number of carbonyl (C=O) groups excluding carboxylic acids is 1. The molecule has 0 saturated carbocycles. The predicted octanol–water partition coefficient (Wildman–Crippen LogP) is 2.09. The van der Waals surface area contributed by atoms with E-state index >= 15 is 0 Å². The second-order valence-electron chi connectivity index (χ2n) is 2.14. The highest BCUT2D eigenvalue weighted by atomic mass is 35.5. The Hall–Kier alpha value is -1.26. The van der Waals surface area contributed by atoms with E-state index in [4.69, 9.17) is 11.6 Å². The molecule has 0 N–H and O–H groups in total. The van der Waals surface area contributed by atoms with Gasteiger partial charge in [0.1, 0.15) is 0 Å². The van der Waals surface area contributed by atoms with Crippen LogP contribution in [0.3, 0.4) is 0 Å². The smallest absolute Gasteiger partial charge is 0.151 e. The first kappa shape index (κ1) is 8.83. The van der Waals surface area contributed by atoms with E-state index in [1.165, 1.54) is 0 Å². The van der Waals surface area contributed by atoms with Gasteiger partial charge in [0.2, 0.25) is 0 Å². The fourth-order valence-corrected chi connectivity index (χ4v) is 0.909. The monoisotopic (exact) mass is 178 g/mol. The molecular formula is C10H7ClO. The summed E-state index contributed by atoms with van der Waals surface area (Å²) in [5, 5.41) is 0. The van der Waals surface area contributed by atoms with Gasteiger partial charge in [0.05, 0.1) is 5.88 Å². The Bertz CT molecular complexity index is 333. The summed E-state index contributed by atoms with van der Waals surface area (Å²) in [4.78, 5) is 10.5. The summed E-state index contributed by atoms with van der Waals surface area (Å²) >= 11 is 5.39. The minimum atomic E-state index is 0.285. The van der Waals surface area contributed by atoms with Crippen molar-refractivity contribution < 1.29 is 4.79 Å². The van der Waals surface area contributed by atoms with Crippen LogP contribution in [0.25, 0.3) is 0 Å². The first-order valence-corrected chi connectivity index (χ1v) is 4.01. The van der Waals surface area contributed by atoms with Crippen LogP contribution in [0.5, 0.6) is 0 Å². The van der Waals surface area contributed by atoms with Crippen molar-refractivity contribution in [1.29, 1.82) is 0 Å². The van der Waals surface area contributed by atoms with Gasteiger partial charge in [-0.1, -0.05) is 30.0 Å². The lowest BCUT2D eigenvalue weighted by Crippen LogP contribution is -1.85. The van der Waals surface area contributed by atoms with Crippen molar-refractivity contribution in [3.63, 3.8) is 0 Å². The van der Waals surface area contributed by atoms with Gasteiger partial charge in [0, 0.05) is 11.1 Å². The first-order chi connectivity index (χ1) is 5.88. The molecule has 1 nitrogen and oxygen atoms in total. The Morgan fingerprint density at radius 1 is 1.42 bits per heavy atom. The maximum atomic E-state index is 10.5. The van der Waals surface area contributed by atoms with Gasteiger partial charge in [-0.2, -0.15) is 0 Å². The number of hydrogen-bond acceptors (Lipinski definition) is 1. The summed E-state index contributed by atoms with van der Waals surface area (Å²) in [6.07, 6.45) is 0.790. The zero-order chi connectivity index (χ0) is 8.81. The number of benzene rings is 1. The van der Waals surface area contributed by atoms with E-state index < -0.39 is 0 Å². The number of aldehydes is 1. The number of rotatable bonds is 1. The summed E-state index contributed by atoms with van der Waals surface area (Å²) in [7, 11) is 0. The van der Waals surface area contributed by atoms with Gasteiger partial charge in [-0.25, -0.2) is 0 Å². The SMILES string of the molecule is O=Cc1ccccc1C#CCCl. The predicted molar refractivity (Wildman–Crippen MR) is 49.4 cm³/mol. The second kappa shape index (κ2) is 4.58. The Kier molecular flexibility index (Phi) is 3.37. The topological polar surface area (TPSA) is 17.1 Å². The van der Waals surface area contributed by atoms with E-state index in [9.17, 15) is 4.79 Å². The van der Waals surface area contributed by atoms with Crippen LogP contribution in [0, 0.1) is 11.8 Å². The molecule has 0 unspecified atom stereocenters. The minimum absolute atomic E-state index is 0.285. The standard InChI is InChI=1S/C10H7ClO/c11-7-3-6-9-4-1-2-5-10(9)8-12/h1-2,4-5,8H,7H2. The van der Waals surface area contributed by atoms with E-state index in [1.807, 2.05) is 6.07 Å². The zero-order valence-electron chi connectivity index (χ0n) is 6.38. The summed E-state index contributed by atoms with van der Waals surface area (Å²) in [5.74, 6) is 5.78. The van der Waals surface area contributed by atoms with Crippen molar-refractivity contribution in [1.82, 2.24) is 0 Å². The average Bonchev–Trinajstić information content (AvgIpc) is 2.15. The Morgan fingerprint density at radius 3 is 2.83 bits per heavy atom. The fraction of sp³-hybridized carbons (Fsp3) is 0.100. The molecule has 0 fully saturated rings. The van der Waals surface area contributed by atoms with Crippen LogP contribution >= 0.6 is 11.6 Å². The van der Waals surface area contributed by atoms with Crippen LogP contribution in [0.4, 0.5) is 0 Å². The molecule has 60 valence electrons. The van der Waals surface area contributed by atoms with E-state index in [0.29, 0.717) is 5.56 Å². The van der Waals surface area contributed by atoms with Crippen LogP contribution in [0.2, 0.25) is 0 Å². The van der Waals surface area contributed by atoms with Gasteiger partial charge in [-0.05, 0) is 6.07 Å². The summed E-state index contributed by atoms with van der Waals surface area (Å²) in [6.45, 7) is 0. The van der Waals surface area contributed by atoms with Crippen LogP contribution in [0.1, 0.15) is 15.9 Å². The van der Waals surface area contributed by atoms with Crippen molar-refractivity contribution in [2.24, 2.45) is 0 Å². The number of hydrogen-bond donors (Lipinski definition) is 0. The van der Waals surface area contributed by atoms with Gasteiger partial charge in [0.15, 0.2) is 6.29 Å². The van der Waals surface area contributed by atoms with Crippen molar-refractivity contribution in [2.75, 3.05) is 5.88 Å². The molecule has 1 aromatic rings. The van der Waals surface area contributed by atoms with Crippen molar-refractivity contribution in [2.45, 2.75) is 0 Å². The molecule has 12 heavy (non-hydrogen) atoms. The molecule has 2 heteroatoms. The van der Waals surface area contributed by atoms with Crippen LogP contribution < -0.4 is 0 Å². The third kappa shape index (κ3) is 2.11. The third-order valence-electron chi connectivity index (χ3n) is 1.38. The lowest BCUT2D eigenvalue weighted by molar-refractivity contribution is 0.112. The molecule has 0 spiro atoms. The molecule has 0 heterocycles. The van der Waals surface area contributed by atoms with Gasteiger partial charge in [-0.15, -0.1) is 11.6 Å². The van der Waals surface area contributed by atoms with E-state index in [-0.39, 0.29) is 5.88 Å². The van der Waals surface area contributed by atoms with Gasteiger partial charge in [0.25, 0.3) is 0 Å². The Morgan fingerprint density at radius 2 is 2.17 bits per heavy atom. The van der Waals surface area contributed by atoms with Crippen molar-refractivity contribution in [3.8, 4) is 11.8 Å². The van der Waals surface area contributed by atoms with Crippen LogP contribution in [-0.2, 0) is 0 Å². The molecule has 0 aliphatic rings. The highest BCUT2D eigenvalue weighted by molar-refractivity contribution is 6.19. The molecule has 0 amide bonds. The molecule has 1 aromatic carbocycles. The second-order valence-corrected chi connectivity index (χ2v) is 2.41. The lowest BCUT2D eigenvalue weighted by Gasteiger charge is -1.92. The van der Waals surface area contributed by atoms with Crippen LogP contribution in [0.15, 0.2) is 24.3 Å². The van der Waals surface area contributed by atoms with E-state index in [1.54, 1.807) is 18.2 Å². The lowest BCUT2D eigenvalue weighted by atomic mass is 10.1. The average molecular weight is 179 g/mol. The van der Waals surface area contributed by atoms with E-state index in [2.05, 4.69) is 11.8 Å². The molecule has 0 bridgehead atoms. The normalized spacial score (nSPS) is 8.42.